The van der Waals surface area contributed by atoms with Gasteiger partial charge in [0.15, 0.2) is 0 Å². The number of anilines is 1. The highest BCUT2D eigenvalue weighted by molar-refractivity contribution is 5.89. The lowest BCUT2D eigenvalue weighted by atomic mass is 10.1. The fourth-order valence-corrected chi connectivity index (χ4v) is 2.71. The maximum Gasteiger partial charge on any atom is 0.323 e. The van der Waals surface area contributed by atoms with E-state index in [2.05, 4.69) is 15.3 Å². The van der Waals surface area contributed by atoms with Gasteiger partial charge in [-0.05, 0) is 31.4 Å². The summed E-state index contributed by atoms with van der Waals surface area (Å²) < 4.78 is 5.36. The molecule has 0 saturated carbocycles. The van der Waals surface area contributed by atoms with Crippen LogP contribution in [0.3, 0.4) is 0 Å². The molecule has 6 heteroatoms. The van der Waals surface area contributed by atoms with E-state index in [1.807, 2.05) is 29.2 Å². The number of likely N-dealkylation sites (tertiary alicyclic amines) is 1. The van der Waals surface area contributed by atoms with E-state index in [9.17, 15) is 4.79 Å². The van der Waals surface area contributed by atoms with Crippen molar-refractivity contribution >= 4 is 11.8 Å². The Balaban J connectivity index is 1.78. The molecule has 6 nitrogen and oxygen atoms in total. The van der Waals surface area contributed by atoms with Gasteiger partial charge in [-0.25, -0.2) is 14.8 Å². The molecular weight excluding hydrogens is 292 g/mol. The van der Waals surface area contributed by atoms with Crippen molar-refractivity contribution in [1.82, 2.24) is 14.9 Å². The van der Waals surface area contributed by atoms with Crippen LogP contribution in [0.2, 0.25) is 0 Å². The number of ether oxygens (including phenoxy) is 1. The van der Waals surface area contributed by atoms with Crippen LogP contribution < -0.4 is 10.1 Å². The number of carbonyl (C=O) groups is 1. The molecule has 1 aromatic heterocycles. The zero-order valence-corrected chi connectivity index (χ0v) is 13.2. The number of nitrogens with zero attached hydrogens (tertiary/aromatic N) is 3. The maximum absolute atomic E-state index is 12.3. The number of para-hydroxylation sites is 1. The Morgan fingerprint density at radius 2 is 1.96 bits per heavy atom. The highest BCUT2D eigenvalue weighted by atomic mass is 16.5. The van der Waals surface area contributed by atoms with E-state index < -0.39 is 0 Å². The molecule has 1 fully saturated rings. The first-order chi connectivity index (χ1) is 11.3. The number of aromatic nitrogens is 2. The van der Waals surface area contributed by atoms with Gasteiger partial charge >= 0.3 is 6.03 Å². The maximum atomic E-state index is 12.3. The third kappa shape index (κ3) is 3.59. The highest BCUT2D eigenvalue weighted by Crippen LogP contribution is 2.28. The van der Waals surface area contributed by atoms with Gasteiger partial charge in [0.25, 0.3) is 0 Å². The van der Waals surface area contributed by atoms with E-state index in [-0.39, 0.29) is 6.03 Å². The summed E-state index contributed by atoms with van der Waals surface area (Å²) in [6.07, 6.45) is 4.76. The Hall–Kier alpha value is -2.63. The van der Waals surface area contributed by atoms with Crippen LogP contribution in [0.5, 0.6) is 5.75 Å². The number of amides is 2. The van der Waals surface area contributed by atoms with E-state index >= 15 is 0 Å². The number of benzene rings is 1. The Bertz CT molecular complexity index is 684. The third-order valence-corrected chi connectivity index (χ3v) is 3.93. The van der Waals surface area contributed by atoms with Crippen LogP contribution in [-0.4, -0.2) is 41.1 Å². The molecule has 1 aromatic carbocycles. The lowest BCUT2D eigenvalue weighted by molar-refractivity contribution is 0.200. The second-order valence-electron chi connectivity index (χ2n) is 5.47. The molecule has 0 atom stereocenters. The first-order valence-corrected chi connectivity index (χ1v) is 7.79. The molecule has 1 aliphatic heterocycles. The molecule has 2 heterocycles. The van der Waals surface area contributed by atoms with E-state index in [1.54, 1.807) is 13.2 Å². The minimum atomic E-state index is -0.102. The van der Waals surface area contributed by atoms with Gasteiger partial charge in [0, 0.05) is 24.7 Å². The van der Waals surface area contributed by atoms with Gasteiger partial charge in [-0.15, -0.1) is 0 Å². The van der Waals surface area contributed by atoms with Crippen molar-refractivity contribution < 1.29 is 9.53 Å². The van der Waals surface area contributed by atoms with Gasteiger partial charge in [-0.3, -0.25) is 5.32 Å². The minimum absolute atomic E-state index is 0.102. The van der Waals surface area contributed by atoms with Gasteiger partial charge in [0.2, 0.25) is 0 Å². The van der Waals surface area contributed by atoms with Gasteiger partial charge < -0.3 is 9.64 Å². The third-order valence-electron chi connectivity index (χ3n) is 3.93. The van der Waals surface area contributed by atoms with Crippen LogP contribution in [0.4, 0.5) is 10.6 Å². The van der Waals surface area contributed by atoms with E-state index in [4.69, 9.17) is 4.74 Å². The topological polar surface area (TPSA) is 67.3 Å². The number of methoxy groups -OCH3 is 1. The van der Waals surface area contributed by atoms with Gasteiger partial charge in [-0.2, -0.15) is 0 Å². The average molecular weight is 312 g/mol. The summed E-state index contributed by atoms with van der Waals surface area (Å²) in [5.41, 5.74) is 1.58. The summed E-state index contributed by atoms with van der Waals surface area (Å²) in [5, 5.41) is 2.85. The molecule has 3 rings (SSSR count). The molecule has 0 bridgehead atoms. The van der Waals surface area contributed by atoms with Crippen LogP contribution in [0, 0.1) is 0 Å². The van der Waals surface area contributed by atoms with Crippen molar-refractivity contribution in [2.24, 2.45) is 0 Å². The van der Waals surface area contributed by atoms with Crippen LogP contribution in [0.15, 0.2) is 36.7 Å². The Kier molecular flexibility index (Phi) is 4.71. The number of piperidine rings is 1. The van der Waals surface area contributed by atoms with Gasteiger partial charge in [0.05, 0.1) is 12.8 Å². The standard InChI is InChI=1S/C17H20N4O2/c1-23-15-8-4-3-7-13(15)14-11-16(19-12-18-14)20-17(22)21-9-5-2-6-10-21/h3-4,7-8,11-12H,2,5-6,9-10H2,1H3,(H,18,19,20,22). The van der Waals surface area contributed by atoms with Crippen molar-refractivity contribution in [2.45, 2.75) is 19.3 Å². The average Bonchev–Trinajstić information content (AvgIpc) is 2.62. The number of carbonyl (C=O) groups excluding carboxylic acids is 1. The molecule has 2 aromatic rings. The number of rotatable bonds is 3. The zero-order chi connectivity index (χ0) is 16.1. The normalized spacial score (nSPS) is 14.4. The fourth-order valence-electron chi connectivity index (χ4n) is 2.71. The SMILES string of the molecule is COc1ccccc1-c1cc(NC(=O)N2CCCCC2)ncn1. The number of nitrogens with one attached hydrogen (secondary N) is 1. The molecule has 1 N–H and O–H groups in total. The van der Waals surface area contributed by atoms with Crippen LogP contribution in [-0.2, 0) is 0 Å². The smallest absolute Gasteiger partial charge is 0.323 e. The first kappa shape index (κ1) is 15.3. The lowest BCUT2D eigenvalue weighted by Gasteiger charge is -2.26. The second-order valence-corrected chi connectivity index (χ2v) is 5.47. The van der Waals surface area contributed by atoms with E-state index in [0.717, 1.165) is 37.2 Å². The number of hydrogen-bond acceptors (Lipinski definition) is 4. The quantitative estimate of drug-likeness (QED) is 0.945. The molecule has 2 amide bonds. The molecule has 120 valence electrons. The molecule has 0 spiro atoms. The number of hydrogen-bond donors (Lipinski definition) is 1. The Morgan fingerprint density at radius 3 is 2.74 bits per heavy atom. The summed E-state index contributed by atoms with van der Waals surface area (Å²) in [7, 11) is 1.62. The molecule has 1 saturated heterocycles. The molecule has 23 heavy (non-hydrogen) atoms. The molecule has 0 unspecified atom stereocenters. The summed E-state index contributed by atoms with van der Waals surface area (Å²) >= 11 is 0. The zero-order valence-electron chi connectivity index (χ0n) is 13.2. The minimum Gasteiger partial charge on any atom is -0.496 e. The van der Waals surface area contributed by atoms with E-state index in [0.29, 0.717) is 11.5 Å². The van der Waals surface area contributed by atoms with E-state index in [1.165, 1.54) is 12.7 Å². The summed E-state index contributed by atoms with van der Waals surface area (Å²) in [5.74, 6) is 1.23. The summed E-state index contributed by atoms with van der Waals surface area (Å²) in [6.45, 7) is 1.60. The summed E-state index contributed by atoms with van der Waals surface area (Å²) in [4.78, 5) is 22.5. The monoisotopic (exact) mass is 312 g/mol. The summed E-state index contributed by atoms with van der Waals surface area (Å²) in [6, 6.07) is 9.30. The molecular formula is C17H20N4O2. The van der Waals surface area contributed by atoms with Crippen molar-refractivity contribution in [3.8, 4) is 17.0 Å². The largest absolute Gasteiger partial charge is 0.496 e. The predicted octanol–water partition coefficient (Wildman–Crippen LogP) is 3.17. The molecule has 0 aliphatic carbocycles. The number of urea groups is 1. The van der Waals surface area contributed by atoms with Crippen LogP contribution in [0.25, 0.3) is 11.3 Å². The molecule has 1 aliphatic rings. The highest BCUT2D eigenvalue weighted by Gasteiger charge is 2.17. The van der Waals surface area contributed by atoms with Gasteiger partial charge in [-0.1, -0.05) is 12.1 Å². The van der Waals surface area contributed by atoms with Crippen molar-refractivity contribution in [3.63, 3.8) is 0 Å². The Morgan fingerprint density at radius 1 is 1.17 bits per heavy atom. The van der Waals surface area contributed by atoms with Crippen molar-refractivity contribution in [1.29, 1.82) is 0 Å². The van der Waals surface area contributed by atoms with Crippen molar-refractivity contribution in [3.05, 3.63) is 36.7 Å². The predicted molar refractivity (Wildman–Crippen MR) is 88.5 cm³/mol. The first-order valence-electron chi connectivity index (χ1n) is 7.79. The van der Waals surface area contributed by atoms with Crippen molar-refractivity contribution in [2.75, 3.05) is 25.5 Å². The van der Waals surface area contributed by atoms with Crippen LogP contribution in [0.1, 0.15) is 19.3 Å². The fraction of sp³-hybridized carbons (Fsp3) is 0.353. The van der Waals surface area contributed by atoms with Gasteiger partial charge in [0.1, 0.15) is 17.9 Å². The Labute approximate surface area is 135 Å². The molecule has 0 radical (unpaired) electrons. The lowest BCUT2D eigenvalue weighted by Crippen LogP contribution is -2.38. The second kappa shape index (κ2) is 7.09. The van der Waals surface area contributed by atoms with Crippen LogP contribution >= 0.6 is 0 Å².